The van der Waals surface area contributed by atoms with Crippen LogP contribution < -0.4 is 17.0 Å². The van der Waals surface area contributed by atoms with Crippen molar-refractivity contribution in [1.82, 2.24) is 9.55 Å². The van der Waals surface area contributed by atoms with Crippen molar-refractivity contribution in [2.75, 3.05) is 6.54 Å². The number of aliphatic hydroxyl groups is 2. The summed E-state index contributed by atoms with van der Waals surface area (Å²) in [5.41, 5.74) is 4.15. The molecule has 1 saturated heterocycles. The monoisotopic (exact) mass is 315 g/mol. The van der Waals surface area contributed by atoms with Crippen LogP contribution in [0, 0.1) is 6.92 Å². The van der Waals surface area contributed by atoms with Crippen LogP contribution in [-0.4, -0.2) is 44.4 Å². The zero-order valence-corrected chi connectivity index (χ0v) is 11.8. The molecule has 2 unspecified atom stereocenters. The minimum Gasteiger partial charge on any atom is -0.405 e. The molecule has 0 saturated carbocycles. The van der Waals surface area contributed by atoms with Crippen LogP contribution in [-0.2, 0) is 14.3 Å². The number of H-pyrrole nitrogens is 1. The van der Waals surface area contributed by atoms with Crippen LogP contribution in [0.5, 0.6) is 0 Å². The summed E-state index contributed by atoms with van der Waals surface area (Å²) in [6.07, 6.45) is -0.356. The van der Waals surface area contributed by atoms with Crippen LogP contribution in [0.1, 0.15) is 24.6 Å². The third-order valence-electron chi connectivity index (χ3n) is 3.30. The Morgan fingerprint density at radius 1 is 1.55 bits per heavy atom. The maximum atomic E-state index is 11.8. The number of aromatic nitrogens is 2. The Kier molecular flexibility index (Phi) is 4.47. The summed E-state index contributed by atoms with van der Waals surface area (Å²) in [7, 11) is 0. The summed E-state index contributed by atoms with van der Waals surface area (Å²) < 4.78 is 10.9. The van der Waals surface area contributed by atoms with E-state index in [-0.39, 0.29) is 12.8 Å². The van der Waals surface area contributed by atoms with Crippen molar-refractivity contribution >= 4 is 5.97 Å². The molecule has 2 atom stereocenters. The van der Waals surface area contributed by atoms with E-state index >= 15 is 0 Å². The van der Waals surface area contributed by atoms with E-state index in [9.17, 15) is 24.6 Å². The molecule has 1 aromatic heterocycles. The number of ether oxygens (including phenoxy) is 2. The van der Waals surface area contributed by atoms with Gasteiger partial charge in [0.25, 0.3) is 5.56 Å². The van der Waals surface area contributed by atoms with Gasteiger partial charge in [-0.25, -0.2) is 4.79 Å². The molecule has 1 aliphatic heterocycles. The molecule has 0 bridgehead atoms. The molecule has 0 spiro atoms. The molecule has 1 aliphatic rings. The minimum absolute atomic E-state index is 0.125. The third-order valence-corrected chi connectivity index (χ3v) is 3.30. The number of hydrogen-bond acceptors (Lipinski definition) is 8. The van der Waals surface area contributed by atoms with Crippen molar-refractivity contribution in [1.29, 1.82) is 0 Å². The molecule has 0 radical (unpaired) electrons. The van der Waals surface area contributed by atoms with Crippen molar-refractivity contribution in [3.63, 3.8) is 0 Å². The average Bonchev–Trinajstić information content (AvgIpc) is 2.92. The molecule has 10 heteroatoms. The summed E-state index contributed by atoms with van der Waals surface area (Å²) in [5.74, 6) is -3.85. The lowest BCUT2D eigenvalue weighted by atomic mass is 10.2. The van der Waals surface area contributed by atoms with Gasteiger partial charge in [-0.1, -0.05) is 0 Å². The molecule has 10 nitrogen and oxygen atoms in total. The van der Waals surface area contributed by atoms with Crippen LogP contribution in [0.25, 0.3) is 0 Å². The van der Waals surface area contributed by atoms with Gasteiger partial charge in [0.15, 0.2) is 6.10 Å². The highest BCUT2D eigenvalue weighted by atomic mass is 16.8. The summed E-state index contributed by atoms with van der Waals surface area (Å²) in [6.45, 7) is 1.00. The fourth-order valence-corrected chi connectivity index (χ4v) is 2.18. The van der Waals surface area contributed by atoms with Gasteiger partial charge in [0, 0.05) is 11.8 Å². The van der Waals surface area contributed by atoms with Crippen molar-refractivity contribution in [3.05, 3.63) is 32.6 Å². The molecular formula is C12H17N3O7. The predicted octanol–water partition coefficient (Wildman–Crippen LogP) is -2.34. The predicted molar refractivity (Wildman–Crippen MR) is 71.5 cm³/mol. The number of nitrogens with zero attached hydrogens (tertiary/aromatic N) is 1. The molecule has 0 aromatic carbocycles. The summed E-state index contributed by atoms with van der Waals surface area (Å²) >= 11 is 0. The SMILES string of the molecule is Cc1cn(C2CCC(C(O)(O)OC(=O)CN)O2)c(=O)[nH]c1=O. The quantitative estimate of drug-likeness (QED) is 0.356. The molecular weight excluding hydrogens is 298 g/mol. The van der Waals surface area contributed by atoms with E-state index in [1.54, 1.807) is 0 Å². The van der Waals surface area contributed by atoms with E-state index in [0.29, 0.717) is 5.56 Å². The number of nitrogens with one attached hydrogen (secondary N) is 1. The smallest absolute Gasteiger partial charge is 0.352 e. The maximum absolute atomic E-state index is 11.8. The number of hydrogen-bond donors (Lipinski definition) is 4. The summed E-state index contributed by atoms with van der Waals surface area (Å²) in [6, 6.07) is 0. The van der Waals surface area contributed by atoms with E-state index in [4.69, 9.17) is 10.5 Å². The second-order valence-electron chi connectivity index (χ2n) is 4.97. The van der Waals surface area contributed by atoms with Crippen LogP contribution in [0.2, 0.25) is 0 Å². The first kappa shape index (κ1) is 16.4. The Hall–Kier alpha value is -2.01. The molecule has 122 valence electrons. The van der Waals surface area contributed by atoms with Gasteiger partial charge in [-0.2, -0.15) is 0 Å². The standard InChI is InChI=1S/C12H17N3O7/c1-6-5-15(11(18)14-10(6)17)8-3-2-7(21-8)12(19,20)22-9(16)4-13/h5,7-8,19-20H,2-4,13H2,1H3,(H,14,17,18). The van der Waals surface area contributed by atoms with Crippen LogP contribution in [0.3, 0.4) is 0 Å². The van der Waals surface area contributed by atoms with Crippen LogP contribution >= 0.6 is 0 Å². The lowest BCUT2D eigenvalue weighted by Gasteiger charge is -2.27. The Bertz CT molecular complexity index is 678. The zero-order valence-electron chi connectivity index (χ0n) is 11.8. The second kappa shape index (κ2) is 6.01. The fraction of sp³-hybridized carbons (Fsp3) is 0.583. The molecule has 0 aliphatic carbocycles. The molecule has 5 N–H and O–H groups in total. The lowest BCUT2D eigenvalue weighted by Crippen LogP contribution is -2.47. The van der Waals surface area contributed by atoms with Crippen molar-refractivity contribution in [3.8, 4) is 0 Å². The number of aromatic amines is 1. The van der Waals surface area contributed by atoms with E-state index < -0.39 is 42.1 Å². The fourth-order valence-electron chi connectivity index (χ4n) is 2.18. The number of nitrogens with two attached hydrogens (primary N) is 1. The number of aryl methyl sites for hydroxylation is 1. The Morgan fingerprint density at radius 2 is 2.23 bits per heavy atom. The highest BCUT2D eigenvalue weighted by Gasteiger charge is 2.45. The largest absolute Gasteiger partial charge is 0.405 e. The lowest BCUT2D eigenvalue weighted by molar-refractivity contribution is -0.362. The first-order valence-electron chi connectivity index (χ1n) is 6.58. The normalized spacial score (nSPS) is 21.8. The highest BCUT2D eigenvalue weighted by molar-refractivity contribution is 5.71. The Balaban J connectivity index is 2.16. The second-order valence-corrected chi connectivity index (χ2v) is 4.97. The first-order chi connectivity index (χ1) is 10.2. The van der Waals surface area contributed by atoms with Gasteiger partial charge in [-0.3, -0.25) is 19.1 Å². The van der Waals surface area contributed by atoms with Crippen molar-refractivity contribution < 1.29 is 24.5 Å². The van der Waals surface area contributed by atoms with Gasteiger partial charge >= 0.3 is 17.6 Å². The van der Waals surface area contributed by atoms with Crippen molar-refractivity contribution in [2.24, 2.45) is 5.73 Å². The highest BCUT2D eigenvalue weighted by Crippen LogP contribution is 2.32. The van der Waals surface area contributed by atoms with E-state index in [1.165, 1.54) is 13.1 Å². The Labute approximate surface area is 124 Å². The maximum Gasteiger partial charge on any atom is 0.352 e. The molecule has 2 rings (SSSR count). The van der Waals surface area contributed by atoms with Crippen LogP contribution in [0.15, 0.2) is 15.8 Å². The number of carbonyl (C=O) groups is 1. The van der Waals surface area contributed by atoms with Gasteiger partial charge in [0.1, 0.15) is 6.23 Å². The van der Waals surface area contributed by atoms with E-state index in [2.05, 4.69) is 9.72 Å². The Morgan fingerprint density at radius 3 is 2.86 bits per heavy atom. The van der Waals surface area contributed by atoms with Gasteiger partial charge in [0.2, 0.25) is 0 Å². The van der Waals surface area contributed by atoms with Gasteiger partial charge in [-0.05, 0) is 19.8 Å². The van der Waals surface area contributed by atoms with Gasteiger partial charge in [0.05, 0.1) is 6.54 Å². The third kappa shape index (κ3) is 3.25. The average molecular weight is 315 g/mol. The number of carbonyl (C=O) groups excluding carboxylic acids is 1. The van der Waals surface area contributed by atoms with E-state index in [1.807, 2.05) is 0 Å². The van der Waals surface area contributed by atoms with Gasteiger partial charge in [-0.15, -0.1) is 0 Å². The number of rotatable bonds is 4. The minimum atomic E-state index is -2.84. The summed E-state index contributed by atoms with van der Waals surface area (Å²) in [4.78, 5) is 36.3. The van der Waals surface area contributed by atoms with Gasteiger partial charge < -0.3 is 25.4 Å². The summed E-state index contributed by atoms with van der Waals surface area (Å²) in [5, 5.41) is 19.5. The van der Waals surface area contributed by atoms with E-state index in [0.717, 1.165) is 4.57 Å². The molecule has 1 aromatic rings. The topological polar surface area (TPSA) is 157 Å². The first-order valence-corrected chi connectivity index (χ1v) is 6.58. The molecule has 22 heavy (non-hydrogen) atoms. The van der Waals surface area contributed by atoms with Crippen molar-refractivity contribution in [2.45, 2.75) is 38.1 Å². The zero-order chi connectivity index (χ0) is 16.5. The molecule has 1 fully saturated rings. The number of esters is 1. The molecule has 2 heterocycles. The van der Waals surface area contributed by atoms with Crippen LogP contribution in [0.4, 0.5) is 0 Å². The molecule has 0 amide bonds.